The first-order valence-electron chi connectivity index (χ1n) is 6.22. The number of hydrogen-bond donors (Lipinski definition) is 1. The number of nitrogens with two attached hydrogens (primary N) is 1. The number of hydrogen-bond acceptors (Lipinski definition) is 2. The fraction of sp³-hybridized carbons (Fsp3) is 0.429. The smallest absolute Gasteiger partial charge is 0.191 e. The molecule has 2 nitrogen and oxygen atoms in total. The quantitative estimate of drug-likeness (QED) is 0.837. The number of rotatable bonds is 4. The summed E-state index contributed by atoms with van der Waals surface area (Å²) >= 11 is 0. The first-order valence-corrected chi connectivity index (χ1v) is 6.22. The summed E-state index contributed by atoms with van der Waals surface area (Å²) in [6, 6.07) is 2.58. The van der Waals surface area contributed by atoms with E-state index < -0.39 is 11.6 Å². The summed E-state index contributed by atoms with van der Waals surface area (Å²) in [5, 5.41) is 0. The molecule has 0 saturated carbocycles. The van der Waals surface area contributed by atoms with Crippen molar-refractivity contribution in [3.05, 3.63) is 41.5 Å². The molecule has 0 amide bonds. The van der Waals surface area contributed by atoms with Gasteiger partial charge in [-0.25, -0.2) is 8.78 Å². The summed E-state index contributed by atoms with van der Waals surface area (Å²) in [5.74, 6) is -1.60. The van der Waals surface area contributed by atoms with Crippen LogP contribution in [-0.2, 0) is 6.42 Å². The molecule has 1 aliphatic carbocycles. The minimum Gasteiger partial charge on any atom is -0.480 e. The molecule has 18 heavy (non-hydrogen) atoms. The van der Waals surface area contributed by atoms with Crippen LogP contribution in [0.1, 0.15) is 24.8 Å². The molecule has 1 aromatic rings. The second-order valence-electron chi connectivity index (χ2n) is 4.44. The Balaban J connectivity index is 2.17. The van der Waals surface area contributed by atoms with Crippen molar-refractivity contribution in [2.75, 3.05) is 6.54 Å². The molecule has 1 aromatic carbocycles. The van der Waals surface area contributed by atoms with Crippen molar-refractivity contribution in [3.63, 3.8) is 0 Å². The van der Waals surface area contributed by atoms with Crippen LogP contribution in [-0.4, -0.2) is 12.6 Å². The highest BCUT2D eigenvalue weighted by atomic mass is 19.1. The van der Waals surface area contributed by atoms with Gasteiger partial charge in [-0.3, -0.25) is 0 Å². The van der Waals surface area contributed by atoms with Gasteiger partial charge < -0.3 is 10.5 Å². The number of benzene rings is 1. The molecule has 1 aliphatic rings. The maximum atomic E-state index is 13.8. The molecular formula is C14H17F2NO. The van der Waals surface area contributed by atoms with E-state index in [2.05, 4.69) is 0 Å². The normalized spacial score (nSPS) is 18.9. The molecule has 0 bridgehead atoms. The zero-order valence-corrected chi connectivity index (χ0v) is 10.2. The monoisotopic (exact) mass is 253 g/mol. The largest absolute Gasteiger partial charge is 0.480 e. The van der Waals surface area contributed by atoms with Crippen LogP contribution >= 0.6 is 0 Å². The van der Waals surface area contributed by atoms with Gasteiger partial charge in [-0.2, -0.15) is 0 Å². The van der Waals surface area contributed by atoms with E-state index in [-0.39, 0.29) is 11.9 Å². The Kier molecular flexibility index (Phi) is 4.31. The Morgan fingerprint density at radius 2 is 2.00 bits per heavy atom. The minimum absolute atomic E-state index is 0.233. The second-order valence-corrected chi connectivity index (χ2v) is 4.44. The Bertz CT molecular complexity index is 422. The van der Waals surface area contributed by atoms with Crippen LogP contribution in [0.5, 0.6) is 5.75 Å². The third-order valence-electron chi connectivity index (χ3n) is 2.97. The Morgan fingerprint density at radius 1 is 1.28 bits per heavy atom. The molecule has 0 heterocycles. The van der Waals surface area contributed by atoms with Gasteiger partial charge in [-0.15, -0.1) is 0 Å². The molecular weight excluding hydrogens is 236 g/mol. The lowest BCUT2D eigenvalue weighted by atomic mass is 10.1. The lowest BCUT2D eigenvalue weighted by molar-refractivity contribution is 0.209. The van der Waals surface area contributed by atoms with E-state index >= 15 is 0 Å². The topological polar surface area (TPSA) is 35.2 Å². The number of allylic oxidation sites excluding steroid dienone is 1. The third kappa shape index (κ3) is 3.07. The molecule has 0 aliphatic heterocycles. The van der Waals surface area contributed by atoms with E-state index in [1.165, 1.54) is 12.1 Å². The first kappa shape index (κ1) is 13.0. The molecule has 0 radical (unpaired) electrons. The highest BCUT2D eigenvalue weighted by Gasteiger charge is 2.17. The average molecular weight is 253 g/mol. The van der Waals surface area contributed by atoms with Gasteiger partial charge in [0.25, 0.3) is 0 Å². The zero-order chi connectivity index (χ0) is 13.0. The van der Waals surface area contributed by atoms with Gasteiger partial charge in [0.15, 0.2) is 17.4 Å². The summed E-state index contributed by atoms with van der Waals surface area (Å²) < 4.78 is 32.9. The fourth-order valence-electron chi connectivity index (χ4n) is 2.07. The summed E-state index contributed by atoms with van der Waals surface area (Å²) in [4.78, 5) is 0. The van der Waals surface area contributed by atoms with Crippen molar-refractivity contribution in [3.8, 4) is 5.75 Å². The maximum absolute atomic E-state index is 13.8. The standard InChI is InChI=1S/C14H17F2NO/c15-12-8-10(6-7-17)9-13(16)14(12)18-11-4-2-1-3-5-11/h2,4,8-9,11H,1,3,5-7,17H2. The first-order chi connectivity index (χ1) is 8.70. The van der Waals surface area contributed by atoms with Gasteiger partial charge >= 0.3 is 0 Å². The summed E-state index contributed by atoms with van der Waals surface area (Å²) in [6.07, 6.45) is 6.83. The number of ether oxygens (including phenoxy) is 1. The zero-order valence-electron chi connectivity index (χ0n) is 10.2. The Labute approximate surface area is 105 Å². The molecule has 0 spiro atoms. The molecule has 4 heteroatoms. The van der Waals surface area contributed by atoms with Crippen LogP contribution in [0.2, 0.25) is 0 Å². The molecule has 2 N–H and O–H groups in total. The van der Waals surface area contributed by atoms with Crippen molar-refractivity contribution in [1.29, 1.82) is 0 Å². The van der Waals surface area contributed by atoms with Crippen LogP contribution in [0, 0.1) is 11.6 Å². The van der Waals surface area contributed by atoms with E-state index in [1.807, 2.05) is 12.2 Å². The molecule has 1 atom stereocenters. The van der Waals surface area contributed by atoms with Gasteiger partial charge in [0.2, 0.25) is 0 Å². The van der Waals surface area contributed by atoms with Crippen molar-refractivity contribution >= 4 is 0 Å². The summed E-state index contributed by atoms with van der Waals surface area (Å²) in [7, 11) is 0. The van der Waals surface area contributed by atoms with E-state index in [1.54, 1.807) is 0 Å². The molecule has 1 unspecified atom stereocenters. The summed E-state index contributed by atoms with van der Waals surface area (Å²) in [6.45, 7) is 0.366. The van der Waals surface area contributed by atoms with Gasteiger partial charge in [-0.1, -0.05) is 6.08 Å². The van der Waals surface area contributed by atoms with Crippen LogP contribution in [0.4, 0.5) is 8.78 Å². The van der Waals surface area contributed by atoms with E-state index in [4.69, 9.17) is 10.5 Å². The fourth-order valence-corrected chi connectivity index (χ4v) is 2.07. The Morgan fingerprint density at radius 3 is 2.56 bits per heavy atom. The SMILES string of the molecule is NCCc1cc(F)c(OC2C=CCCC2)c(F)c1. The van der Waals surface area contributed by atoms with Gasteiger partial charge in [-0.05, 0) is 56.0 Å². The van der Waals surface area contributed by atoms with Crippen molar-refractivity contribution < 1.29 is 13.5 Å². The minimum atomic E-state index is -0.655. The molecule has 0 fully saturated rings. The lowest BCUT2D eigenvalue weighted by Gasteiger charge is -2.19. The predicted molar refractivity (Wildman–Crippen MR) is 66.5 cm³/mol. The van der Waals surface area contributed by atoms with Crippen LogP contribution < -0.4 is 10.5 Å². The van der Waals surface area contributed by atoms with Crippen molar-refractivity contribution in [2.24, 2.45) is 5.73 Å². The van der Waals surface area contributed by atoms with Gasteiger partial charge in [0.05, 0.1) is 0 Å². The second kappa shape index (κ2) is 5.96. The number of halogens is 2. The highest BCUT2D eigenvalue weighted by Crippen LogP contribution is 2.26. The van der Waals surface area contributed by atoms with Crippen LogP contribution in [0.15, 0.2) is 24.3 Å². The highest BCUT2D eigenvalue weighted by molar-refractivity contribution is 5.32. The maximum Gasteiger partial charge on any atom is 0.191 e. The Hall–Kier alpha value is -1.42. The lowest BCUT2D eigenvalue weighted by Crippen LogP contribution is -2.17. The average Bonchev–Trinajstić information content (AvgIpc) is 2.36. The molecule has 98 valence electrons. The van der Waals surface area contributed by atoms with Crippen LogP contribution in [0.25, 0.3) is 0 Å². The molecule has 0 saturated heterocycles. The van der Waals surface area contributed by atoms with E-state index in [0.29, 0.717) is 18.5 Å². The van der Waals surface area contributed by atoms with Crippen molar-refractivity contribution in [1.82, 2.24) is 0 Å². The van der Waals surface area contributed by atoms with E-state index in [0.717, 1.165) is 19.3 Å². The van der Waals surface area contributed by atoms with Crippen molar-refractivity contribution in [2.45, 2.75) is 31.8 Å². The third-order valence-corrected chi connectivity index (χ3v) is 2.97. The summed E-state index contributed by atoms with van der Waals surface area (Å²) in [5.41, 5.74) is 5.92. The molecule has 0 aromatic heterocycles. The molecule has 2 rings (SSSR count). The van der Waals surface area contributed by atoms with E-state index in [9.17, 15) is 8.78 Å². The van der Waals surface area contributed by atoms with Gasteiger partial charge in [0, 0.05) is 0 Å². The van der Waals surface area contributed by atoms with Crippen LogP contribution in [0.3, 0.4) is 0 Å². The predicted octanol–water partition coefficient (Wildman–Crippen LogP) is 2.95. The van der Waals surface area contributed by atoms with Gasteiger partial charge in [0.1, 0.15) is 6.10 Å².